The Morgan fingerprint density at radius 1 is 1.47 bits per heavy atom. The molecule has 1 atom stereocenters. The molecule has 1 aliphatic rings. The molecule has 0 radical (unpaired) electrons. The lowest BCUT2D eigenvalue weighted by molar-refractivity contribution is -0.126. The molecule has 1 unspecified atom stereocenters. The van der Waals surface area contributed by atoms with Gasteiger partial charge in [-0.25, -0.2) is 0 Å². The molecule has 0 saturated heterocycles. The Bertz CT molecular complexity index is 255. The highest BCUT2D eigenvalue weighted by atomic mass is 16.5. The van der Waals surface area contributed by atoms with Crippen molar-refractivity contribution in [2.45, 2.75) is 38.2 Å². The highest BCUT2D eigenvalue weighted by Crippen LogP contribution is 2.10. The van der Waals surface area contributed by atoms with Gasteiger partial charge in [0.05, 0.1) is 6.67 Å². The van der Waals surface area contributed by atoms with E-state index in [4.69, 9.17) is 10.5 Å². The second-order valence-electron chi connectivity index (χ2n) is 3.52. The maximum Gasteiger partial charge on any atom is 0.247 e. The molecule has 0 saturated carbocycles. The van der Waals surface area contributed by atoms with Crippen molar-refractivity contribution in [3.63, 3.8) is 0 Å². The van der Waals surface area contributed by atoms with Crippen LogP contribution < -0.4 is 11.1 Å². The number of ether oxygens (including phenoxy) is 1. The average Bonchev–Trinajstić information content (AvgIpc) is 2.16. The first-order valence-corrected chi connectivity index (χ1v) is 5.39. The van der Waals surface area contributed by atoms with Crippen LogP contribution in [-0.2, 0) is 9.53 Å². The molecule has 0 fully saturated rings. The Morgan fingerprint density at radius 3 is 3.13 bits per heavy atom. The molecule has 1 aliphatic carbocycles. The predicted octanol–water partition coefficient (Wildman–Crippen LogP) is 0.371. The van der Waals surface area contributed by atoms with Crippen LogP contribution in [0.4, 0.5) is 0 Å². The number of amides is 1. The molecule has 15 heavy (non-hydrogen) atoms. The van der Waals surface area contributed by atoms with Gasteiger partial charge in [-0.1, -0.05) is 12.3 Å². The molecule has 1 amide bonds. The van der Waals surface area contributed by atoms with Crippen molar-refractivity contribution in [3.8, 4) is 11.8 Å². The maximum atomic E-state index is 11.1. The van der Waals surface area contributed by atoms with E-state index in [0.717, 1.165) is 19.3 Å². The monoisotopic (exact) mass is 210 g/mol. The number of nitrogens with one attached hydrogen (secondary N) is 1. The van der Waals surface area contributed by atoms with E-state index in [1.54, 1.807) is 0 Å². The fourth-order valence-corrected chi connectivity index (χ4v) is 1.44. The highest BCUT2D eigenvalue weighted by Gasteiger charge is 2.09. The summed E-state index contributed by atoms with van der Waals surface area (Å²) in [5, 5.41) is 2.48. The first kappa shape index (κ1) is 12.0. The first-order valence-electron chi connectivity index (χ1n) is 5.39. The molecule has 84 valence electrons. The summed E-state index contributed by atoms with van der Waals surface area (Å²) in [6.45, 7) is 0.203. The normalized spacial score (nSPS) is 20.7. The van der Waals surface area contributed by atoms with Crippen LogP contribution in [0.3, 0.4) is 0 Å². The van der Waals surface area contributed by atoms with Crippen LogP contribution in [0, 0.1) is 11.8 Å². The molecule has 0 aromatic carbocycles. The summed E-state index contributed by atoms with van der Waals surface area (Å²) in [7, 11) is 0. The second-order valence-corrected chi connectivity index (χ2v) is 3.52. The topological polar surface area (TPSA) is 64.3 Å². The molecule has 0 aromatic rings. The van der Waals surface area contributed by atoms with Gasteiger partial charge in [0.15, 0.2) is 0 Å². The minimum Gasteiger partial charge on any atom is -0.356 e. The molecule has 0 aliphatic heterocycles. The minimum absolute atomic E-state index is 0.0521. The SMILES string of the molecule is NCNC(=O)COC1C#CCCCCC1. The first-order chi connectivity index (χ1) is 7.33. The van der Waals surface area contributed by atoms with Gasteiger partial charge < -0.3 is 15.8 Å². The van der Waals surface area contributed by atoms with Gasteiger partial charge in [-0.05, 0) is 19.3 Å². The Morgan fingerprint density at radius 2 is 2.33 bits per heavy atom. The summed E-state index contributed by atoms with van der Waals surface area (Å²) in [5.41, 5.74) is 5.17. The lowest BCUT2D eigenvalue weighted by atomic mass is 10.1. The smallest absolute Gasteiger partial charge is 0.247 e. The summed E-state index contributed by atoms with van der Waals surface area (Å²) in [4.78, 5) is 11.1. The number of carbonyl (C=O) groups is 1. The largest absolute Gasteiger partial charge is 0.356 e. The maximum absolute atomic E-state index is 11.1. The Labute approximate surface area is 90.5 Å². The molecule has 4 heteroatoms. The van der Waals surface area contributed by atoms with E-state index in [-0.39, 0.29) is 25.3 Å². The standard InChI is InChI=1S/C11H18N2O2/c12-9-13-11(14)8-15-10-6-4-2-1-3-5-7-10/h10H,1-4,6,8-9,12H2,(H,13,14). The highest BCUT2D eigenvalue weighted by molar-refractivity contribution is 5.77. The number of hydrogen-bond acceptors (Lipinski definition) is 3. The average molecular weight is 210 g/mol. The van der Waals surface area contributed by atoms with Gasteiger partial charge in [0.25, 0.3) is 0 Å². The number of hydrogen-bond donors (Lipinski definition) is 2. The van der Waals surface area contributed by atoms with E-state index in [1.165, 1.54) is 12.8 Å². The van der Waals surface area contributed by atoms with Crippen LogP contribution in [0.15, 0.2) is 0 Å². The van der Waals surface area contributed by atoms with Gasteiger partial charge >= 0.3 is 0 Å². The summed E-state index contributed by atoms with van der Waals surface area (Å²) in [6.07, 6.45) is 5.26. The molecule has 0 bridgehead atoms. The van der Waals surface area contributed by atoms with E-state index in [0.29, 0.717) is 0 Å². The van der Waals surface area contributed by atoms with Crippen molar-refractivity contribution in [2.24, 2.45) is 5.73 Å². The summed E-state index contributed by atoms with van der Waals surface area (Å²) < 4.78 is 5.39. The fraction of sp³-hybridized carbons (Fsp3) is 0.727. The molecular weight excluding hydrogens is 192 g/mol. The van der Waals surface area contributed by atoms with Crippen LogP contribution in [0.2, 0.25) is 0 Å². The van der Waals surface area contributed by atoms with Gasteiger partial charge in [-0.15, -0.1) is 5.92 Å². The van der Waals surface area contributed by atoms with Crippen LogP contribution >= 0.6 is 0 Å². The zero-order valence-corrected chi connectivity index (χ0v) is 8.92. The van der Waals surface area contributed by atoms with Gasteiger partial charge in [-0.3, -0.25) is 4.79 Å². The number of rotatable bonds is 4. The minimum atomic E-state index is -0.179. The Kier molecular flexibility index (Phi) is 5.83. The molecule has 0 aromatic heterocycles. The third-order valence-electron chi connectivity index (χ3n) is 2.25. The van der Waals surface area contributed by atoms with Crippen molar-refractivity contribution in [1.29, 1.82) is 0 Å². The van der Waals surface area contributed by atoms with Crippen LogP contribution in [0.1, 0.15) is 32.1 Å². The van der Waals surface area contributed by atoms with E-state index < -0.39 is 0 Å². The third-order valence-corrected chi connectivity index (χ3v) is 2.25. The Hall–Kier alpha value is -1.05. The van der Waals surface area contributed by atoms with E-state index in [9.17, 15) is 4.79 Å². The molecule has 3 N–H and O–H groups in total. The summed E-state index contributed by atoms with van der Waals surface area (Å²) in [6, 6.07) is 0. The summed E-state index contributed by atoms with van der Waals surface area (Å²) >= 11 is 0. The van der Waals surface area contributed by atoms with Crippen molar-refractivity contribution in [3.05, 3.63) is 0 Å². The van der Waals surface area contributed by atoms with Gasteiger partial charge in [0.2, 0.25) is 5.91 Å². The molecular formula is C11H18N2O2. The van der Waals surface area contributed by atoms with E-state index in [1.807, 2.05) is 0 Å². The second kappa shape index (κ2) is 7.27. The molecule has 0 spiro atoms. The predicted molar refractivity (Wildman–Crippen MR) is 57.8 cm³/mol. The fourth-order valence-electron chi connectivity index (χ4n) is 1.44. The van der Waals surface area contributed by atoms with Crippen molar-refractivity contribution in [2.75, 3.05) is 13.3 Å². The third kappa shape index (κ3) is 5.40. The summed E-state index contributed by atoms with van der Waals surface area (Å²) in [5.74, 6) is 5.92. The molecule has 1 rings (SSSR count). The van der Waals surface area contributed by atoms with Crippen LogP contribution in [-0.4, -0.2) is 25.3 Å². The van der Waals surface area contributed by atoms with Crippen molar-refractivity contribution >= 4 is 5.91 Å². The van der Waals surface area contributed by atoms with Crippen molar-refractivity contribution in [1.82, 2.24) is 5.32 Å². The lowest BCUT2D eigenvalue weighted by Gasteiger charge is -2.13. The zero-order chi connectivity index (χ0) is 10.9. The number of carbonyl (C=O) groups excluding carboxylic acids is 1. The van der Waals surface area contributed by atoms with Gasteiger partial charge in [0, 0.05) is 6.42 Å². The van der Waals surface area contributed by atoms with Gasteiger partial charge in [0.1, 0.15) is 12.7 Å². The van der Waals surface area contributed by atoms with Gasteiger partial charge in [-0.2, -0.15) is 0 Å². The zero-order valence-electron chi connectivity index (χ0n) is 8.92. The van der Waals surface area contributed by atoms with Crippen LogP contribution in [0.25, 0.3) is 0 Å². The molecule has 4 nitrogen and oxygen atoms in total. The Balaban J connectivity index is 2.26. The lowest BCUT2D eigenvalue weighted by Crippen LogP contribution is -2.33. The van der Waals surface area contributed by atoms with Crippen molar-refractivity contribution < 1.29 is 9.53 Å². The quantitative estimate of drug-likeness (QED) is 0.520. The van der Waals surface area contributed by atoms with Crippen LogP contribution in [0.5, 0.6) is 0 Å². The molecule has 0 heterocycles. The number of nitrogens with two attached hydrogens (primary N) is 1. The van der Waals surface area contributed by atoms with E-state index >= 15 is 0 Å². The van der Waals surface area contributed by atoms with E-state index in [2.05, 4.69) is 17.2 Å².